The third kappa shape index (κ3) is 2.24. The fourth-order valence-electron chi connectivity index (χ4n) is 1.16. The van der Waals surface area contributed by atoms with Crippen molar-refractivity contribution in [2.24, 2.45) is 0 Å². The number of nitriles is 1. The van der Waals surface area contributed by atoms with E-state index in [1.54, 1.807) is 13.0 Å². The lowest BCUT2D eigenvalue weighted by molar-refractivity contribution is -0.136. The molecule has 0 unspecified atom stereocenters. The molecule has 0 bridgehead atoms. The molecular formula is C10H8ClNO2. The molecule has 0 aromatic heterocycles. The maximum absolute atomic E-state index is 10.5. The molecular weight excluding hydrogens is 202 g/mol. The van der Waals surface area contributed by atoms with Crippen molar-refractivity contribution in [3.8, 4) is 6.07 Å². The van der Waals surface area contributed by atoms with Crippen molar-refractivity contribution in [1.82, 2.24) is 0 Å². The Kier molecular flexibility index (Phi) is 3.10. The number of rotatable bonds is 2. The Labute approximate surface area is 86.5 Å². The first-order valence-electron chi connectivity index (χ1n) is 3.95. The highest BCUT2D eigenvalue weighted by atomic mass is 35.5. The lowest BCUT2D eigenvalue weighted by Gasteiger charge is -2.04. The first kappa shape index (κ1) is 10.6. The Morgan fingerprint density at radius 3 is 2.79 bits per heavy atom. The Morgan fingerprint density at radius 2 is 2.29 bits per heavy atom. The SMILES string of the molecule is Cc1cc(CC(=O)O)c(Cl)cc1C#N. The summed E-state index contributed by atoms with van der Waals surface area (Å²) in [4.78, 5) is 10.5. The minimum atomic E-state index is -0.934. The molecule has 0 atom stereocenters. The molecule has 0 spiro atoms. The quantitative estimate of drug-likeness (QED) is 0.812. The van der Waals surface area contributed by atoms with E-state index in [0.717, 1.165) is 5.56 Å². The summed E-state index contributed by atoms with van der Waals surface area (Å²) in [5, 5.41) is 17.6. The van der Waals surface area contributed by atoms with Crippen LogP contribution in [-0.4, -0.2) is 11.1 Å². The van der Waals surface area contributed by atoms with E-state index in [9.17, 15) is 4.79 Å². The number of carboxylic acid groups (broad SMARTS) is 1. The van der Waals surface area contributed by atoms with Gasteiger partial charge in [-0.25, -0.2) is 0 Å². The Morgan fingerprint density at radius 1 is 1.64 bits per heavy atom. The van der Waals surface area contributed by atoms with Crippen LogP contribution in [0.5, 0.6) is 0 Å². The number of hydrogen-bond acceptors (Lipinski definition) is 2. The number of carboxylic acids is 1. The maximum atomic E-state index is 10.5. The van der Waals surface area contributed by atoms with Gasteiger partial charge in [-0.3, -0.25) is 4.79 Å². The molecule has 0 aliphatic heterocycles. The van der Waals surface area contributed by atoms with E-state index in [2.05, 4.69) is 0 Å². The zero-order valence-electron chi connectivity index (χ0n) is 7.54. The summed E-state index contributed by atoms with van der Waals surface area (Å²) in [6, 6.07) is 5.11. The largest absolute Gasteiger partial charge is 0.481 e. The predicted octanol–water partition coefficient (Wildman–Crippen LogP) is 2.15. The van der Waals surface area contributed by atoms with Crippen LogP contribution >= 0.6 is 11.6 Å². The molecule has 1 aromatic rings. The minimum absolute atomic E-state index is 0.120. The van der Waals surface area contributed by atoms with Gasteiger partial charge in [0.1, 0.15) is 0 Å². The number of nitrogens with zero attached hydrogens (tertiary/aromatic N) is 1. The van der Waals surface area contributed by atoms with Crippen molar-refractivity contribution in [3.63, 3.8) is 0 Å². The Balaban J connectivity index is 3.16. The molecule has 72 valence electrons. The van der Waals surface area contributed by atoms with Gasteiger partial charge < -0.3 is 5.11 Å². The van der Waals surface area contributed by atoms with Crippen molar-refractivity contribution in [2.75, 3.05) is 0 Å². The van der Waals surface area contributed by atoms with E-state index in [1.165, 1.54) is 6.07 Å². The summed E-state index contributed by atoms with van der Waals surface area (Å²) >= 11 is 5.81. The maximum Gasteiger partial charge on any atom is 0.307 e. The number of aliphatic carboxylic acids is 1. The molecule has 14 heavy (non-hydrogen) atoms. The van der Waals surface area contributed by atoms with Crippen molar-refractivity contribution in [2.45, 2.75) is 13.3 Å². The second kappa shape index (κ2) is 4.12. The van der Waals surface area contributed by atoms with Gasteiger partial charge in [-0.15, -0.1) is 0 Å². The van der Waals surface area contributed by atoms with Crippen LogP contribution in [0.25, 0.3) is 0 Å². The van der Waals surface area contributed by atoms with Crippen LogP contribution in [0.3, 0.4) is 0 Å². The van der Waals surface area contributed by atoms with Gasteiger partial charge in [-0.2, -0.15) is 5.26 Å². The lowest BCUT2D eigenvalue weighted by atomic mass is 10.0. The number of aryl methyl sites for hydroxylation is 1. The van der Waals surface area contributed by atoms with E-state index in [0.29, 0.717) is 16.1 Å². The second-order valence-corrected chi connectivity index (χ2v) is 3.35. The zero-order chi connectivity index (χ0) is 10.7. The highest BCUT2D eigenvalue weighted by Crippen LogP contribution is 2.21. The Hall–Kier alpha value is -1.53. The predicted molar refractivity (Wildman–Crippen MR) is 52.2 cm³/mol. The third-order valence-corrected chi connectivity index (χ3v) is 2.21. The normalized spacial score (nSPS) is 9.50. The number of benzene rings is 1. The summed E-state index contributed by atoms with van der Waals surface area (Å²) in [7, 11) is 0. The van der Waals surface area contributed by atoms with Crippen LogP contribution in [0.1, 0.15) is 16.7 Å². The van der Waals surface area contributed by atoms with Crippen LogP contribution in [0.2, 0.25) is 5.02 Å². The molecule has 0 fully saturated rings. The average Bonchev–Trinajstić information content (AvgIpc) is 2.10. The number of carbonyl (C=O) groups is 1. The summed E-state index contributed by atoms with van der Waals surface area (Å²) in [6.45, 7) is 1.75. The molecule has 0 aliphatic carbocycles. The van der Waals surface area contributed by atoms with Crippen LogP contribution in [0, 0.1) is 18.3 Å². The van der Waals surface area contributed by atoms with Crippen LogP contribution in [0.4, 0.5) is 0 Å². The highest BCUT2D eigenvalue weighted by molar-refractivity contribution is 6.31. The van der Waals surface area contributed by atoms with E-state index in [1.807, 2.05) is 6.07 Å². The van der Waals surface area contributed by atoms with Gasteiger partial charge in [0.15, 0.2) is 0 Å². The fraction of sp³-hybridized carbons (Fsp3) is 0.200. The standard InChI is InChI=1S/C10H8ClNO2/c1-6-2-7(4-10(13)14)9(11)3-8(6)5-12/h2-3H,4H2,1H3,(H,13,14). The lowest BCUT2D eigenvalue weighted by Crippen LogP contribution is -2.01. The molecule has 0 amide bonds. The summed E-state index contributed by atoms with van der Waals surface area (Å²) < 4.78 is 0. The molecule has 0 heterocycles. The van der Waals surface area contributed by atoms with Crippen molar-refractivity contribution >= 4 is 17.6 Å². The fourth-order valence-corrected chi connectivity index (χ4v) is 1.39. The molecule has 0 radical (unpaired) electrons. The number of hydrogen-bond donors (Lipinski definition) is 1. The van der Waals surface area contributed by atoms with Gasteiger partial charge in [-0.1, -0.05) is 17.7 Å². The molecule has 3 nitrogen and oxygen atoms in total. The second-order valence-electron chi connectivity index (χ2n) is 2.94. The smallest absolute Gasteiger partial charge is 0.307 e. The van der Waals surface area contributed by atoms with Gasteiger partial charge in [0.25, 0.3) is 0 Å². The molecule has 1 aromatic carbocycles. The Bertz CT molecular complexity index is 421. The minimum Gasteiger partial charge on any atom is -0.481 e. The number of halogens is 1. The summed E-state index contributed by atoms with van der Waals surface area (Å²) in [5.74, 6) is -0.934. The third-order valence-electron chi connectivity index (χ3n) is 1.86. The van der Waals surface area contributed by atoms with E-state index in [-0.39, 0.29) is 6.42 Å². The molecule has 1 rings (SSSR count). The first-order chi connectivity index (χ1) is 6.54. The summed E-state index contributed by atoms with van der Waals surface area (Å²) in [6.07, 6.45) is -0.120. The van der Waals surface area contributed by atoms with Gasteiger partial charge in [0.2, 0.25) is 0 Å². The van der Waals surface area contributed by atoms with E-state index < -0.39 is 5.97 Å². The van der Waals surface area contributed by atoms with Gasteiger partial charge >= 0.3 is 5.97 Å². The highest BCUT2D eigenvalue weighted by Gasteiger charge is 2.08. The van der Waals surface area contributed by atoms with Crippen LogP contribution in [0.15, 0.2) is 12.1 Å². The molecule has 0 saturated carbocycles. The van der Waals surface area contributed by atoms with Gasteiger partial charge in [0, 0.05) is 5.02 Å². The summed E-state index contributed by atoms with van der Waals surface area (Å²) in [5.41, 5.74) is 1.76. The molecule has 0 saturated heterocycles. The first-order valence-corrected chi connectivity index (χ1v) is 4.33. The average molecular weight is 210 g/mol. The van der Waals surface area contributed by atoms with Crippen LogP contribution in [-0.2, 0) is 11.2 Å². The van der Waals surface area contributed by atoms with Crippen LogP contribution < -0.4 is 0 Å². The molecule has 0 aliphatic rings. The monoisotopic (exact) mass is 209 g/mol. The molecule has 1 N–H and O–H groups in total. The van der Waals surface area contributed by atoms with Crippen molar-refractivity contribution < 1.29 is 9.90 Å². The van der Waals surface area contributed by atoms with Gasteiger partial charge in [0.05, 0.1) is 18.1 Å². The zero-order valence-corrected chi connectivity index (χ0v) is 8.30. The topological polar surface area (TPSA) is 61.1 Å². The van der Waals surface area contributed by atoms with E-state index in [4.69, 9.17) is 22.0 Å². The van der Waals surface area contributed by atoms with Crippen molar-refractivity contribution in [3.05, 3.63) is 33.8 Å². The van der Waals surface area contributed by atoms with Crippen molar-refractivity contribution in [1.29, 1.82) is 5.26 Å². The van der Waals surface area contributed by atoms with E-state index >= 15 is 0 Å². The molecule has 4 heteroatoms. The van der Waals surface area contributed by atoms with Gasteiger partial charge in [-0.05, 0) is 24.1 Å².